The molecule has 1 N–H and O–H groups in total. The Morgan fingerprint density at radius 2 is 1.83 bits per heavy atom. The standard InChI is InChI=1S/C18H22ClNO2.ClH/c1-3-22-18-9-6-16(19)12-15(18)13-20-11-10-14-4-7-17(21-2)8-5-14;/h4-9,12,20H,3,10-11,13H2,1-2H3;1H. The maximum atomic E-state index is 6.06. The summed E-state index contributed by atoms with van der Waals surface area (Å²) in [6, 6.07) is 13.9. The van der Waals surface area contributed by atoms with Gasteiger partial charge in [-0.1, -0.05) is 23.7 Å². The summed E-state index contributed by atoms with van der Waals surface area (Å²) in [5.74, 6) is 1.78. The van der Waals surface area contributed by atoms with Gasteiger partial charge in [0.2, 0.25) is 0 Å². The first-order chi connectivity index (χ1) is 10.7. The van der Waals surface area contributed by atoms with Gasteiger partial charge >= 0.3 is 0 Å². The highest BCUT2D eigenvalue weighted by Gasteiger charge is 2.04. The summed E-state index contributed by atoms with van der Waals surface area (Å²) in [6.45, 7) is 4.27. The lowest BCUT2D eigenvalue weighted by molar-refractivity contribution is 0.335. The van der Waals surface area contributed by atoms with Crippen molar-refractivity contribution in [3.05, 3.63) is 58.6 Å². The zero-order valence-corrected chi connectivity index (χ0v) is 15.0. The monoisotopic (exact) mass is 355 g/mol. The molecule has 0 saturated heterocycles. The molecule has 0 radical (unpaired) electrons. The molecule has 2 aromatic carbocycles. The molecule has 2 rings (SSSR count). The Hall–Kier alpha value is -1.42. The van der Waals surface area contributed by atoms with Crippen molar-refractivity contribution in [3.63, 3.8) is 0 Å². The molecule has 0 aromatic heterocycles. The van der Waals surface area contributed by atoms with Gasteiger partial charge in [0.15, 0.2) is 0 Å². The molecule has 0 aliphatic heterocycles. The van der Waals surface area contributed by atoms with E-state index in [9.17, 15) is 0 Å². The number of nitrogens with one attached hydrogen (secondary N) is 1. The summed E-state index contributed by atoms with van der Waals surface area (Å²) in [6.07, 6.45) is 0.967. The van der Waals surface area contributed by atoms with E-state index in [1.807, 2.05) is 37.3 Å². The molecular formula is C18H23Cl2NO2. The fourth-order valence-corrected chi connectivity index (χ4v) is 2.43. The lowest BCUT2D eigenvalue weighted by atomic mass is 10.1. The predicted molar refractivity (Wildman–Crippen MR) is 98.3 cm³/mol. The van der Waals surface area contributed by atoms with Gasteiger partial charge in [-0.15, -0.1) is 12.4 Å². The van der Waals surface area contributed by atoms with E-state index in [2.05, 4.69) is 17.4 Å². The third-order valence-corrected chi connectivity index (χ3v) is 3.62. The van der Waals surface area contributed by atoms with Crippen molar-refractivity contribution >= 4 is 24.0 Å². The van der Waals surface area contributed by atoms with Crippen LogP contribution in [0.3, 0.4) is 0 Å². The molecule has 0 fully saturated rings. The summed E-state index contributed by atoms with van der Waals surface area (Å²) in [4.78, 5) is 0. The molecule has 126 valence electrons. The van der Waals surface area contributed by atoms with Crippen LogP contribution in [0, 0.1) is 0 Å². The molecule has 0 aliphatic carbocycles. The Morgan fingerprint density at radius 1 is 1.09 bits per heavy atom. The number of halogens is 2. The lowest BCUT2D eigenvalue weighted by Gasteiger charge is -2.11. The number of hydrogen-bond donors (Lipinski definition) is 1. The van der Waals surface area contributed by atoms with Crippen molar-refractivity contribution in [1.29, 1.82) is 0 Å². The number of ether oxygens (including phenoxy) is 2. The van der Waals surface area contributed by atoms with Crippen LogP contribution in [0.4, 0.5) is 0 Å². The van der Waals surface area contributed by atoms with Crippen molar-refractivity contribution < 1.29 is 9.47 Å². The lowest BCUT2D eigenvalue weighted by Crippen LogP contribution is -2.17. The molecule has 0 aliphatic rings. The van der Waals surface area contributed by atoms with Crippen LogP contribution < -0.4 is 14.8 Å². The van der Waals surface area contributed by atoms with Gasteiger partial charge in [-0.3, -0.25) is 0 Å². The van der Waals surface area contributed by atoms with E-state index in [1.165, 1.54) is 5.56 Å². The van der Waals surface area contributed by atoms with Crippen LogP contribution in [-0.4, -0.2) is 20.3 Å². The zero-order chi connectivity index (χ0) is 15.8. The van der Waals surface area contributed by atoms with Crippen LogP contribution in [0.15, 0.2) is 42.5 Å². The molecule has 23 heavy (non-hydrogen) atoms. The first-order valence-electron chi connectivity index (χ1n) is 7.47. The van der Waals surface area contributed by atoms with E-state index in [-0.39, 0.29) is 12.4 Å². The normalized spacial score (nSPS) is 10.0. The Balaban J connectivity index is 0.00000264. The molecule has 0 heterocycles. The van der Waals surface area contributed by atoms with Crippen LogP contribution in [0.25, 0.3) is 0 Å². The number of benzene rings is 2. The fourth-order valence-electron chi connectivity index (χ4n) is 2.23. The SMILES string of the molecule is CCOc1ccc(Cl)cc1CNCCc1ccc(OC)cc1.Cl. The number of methoxy groups -OCH3 is 1. The number of rotatable bonds is 8. The Kier molecular flexibility index (Phi) is 8.85. The first-order valence-corrected chi connectivity index (χ1v) is 7.85. The third-order valence-electron chi connectivity index (χ3n) is 3.39. The first kappa shape index (κ1) is 19.6. The Bertz CT molecular complexity index is 588. The quantitative estimate of drug-likeness (QED) is 0.707. The maximum absolute atomic E-state index is 6.06. The van der Waals surface area contributed by atoms with Crippen LogP contribution in [0.1, 0.15) is 18.1 Å². The van der Waals surface area contributed by atoms with Crippen molar-refractivity contribution in [3.8, 4) is 11.5 Å². The summed E-state index contributed by atoms with van der Waals surface area (Å²) in [7, 11) is 1.68. The smallest absolute Gasteiger partial charge is 0.123 e. The Labute approximate surface area is 149 Å². The van der Waals surface area contributed by atoms with Crippen LogP contribution in [0.2, 0.25) is 5.02 Å². The van der Waals surface area contributed by atoms with Gasteiger partial charge in [0, 0.05) is 17.1 Å². The highest BCUT2D eigenvalue weighted by molar-refractivity contribution is 6.30. The van der Waals surface area contributed by atoms with Crippen LogP contribution in [0.5, 0.6) is 11.5 Å². The molecule has 0 unspecified atom stereocenters. The highest BCUT2D eigenvalue weighted by Crippen LogP contribution is 2.22. The second-order valence-corrected chi connectivity index (χ2v) is 5.40. The fraction of sp³-hybridized carbons (Fsp3) is 0.333. The average Bonchev–Trinajstić information content (AvgIpc) is 2.54. The molecule has 5 heteroatoms. The molecule has 2 aromatic rings. The van der Waals surface area contributed by atoms with Gasteiger partial charge in [0.25, 0.3) is 0 Å². The van der Waals surface area contributed by atoms with Crippen molar-refractivity contribution in [2.45, 2.75) is 19.9 Å². The Morgan fingerprint density at radius 3 is 2.48 bits per heavy atom. The molecule has 0 spiro atoms. The van der Waals surface area contributed by atoms with E-state index in [0.717, 1.165) is 41.6 Å². The molecule has 0 bridgehead atoms. The highest BCUT2D eigenvalue weighted by atomic mass is 35.5. The molecule has 0 saturated carbocycles. The minimum absolute atomic E-state index is 0. The summed E-state index contributed by atoms with van der Waals surface area (Å²) in [5.41, 5.74) is 2.37. The van der Waals surface area contributed by atoms with E-state index in [0.29, 0.717) is 6.61 Å². The molecule has 0 amide bonds. The van der Waals surface area contributed by atoms with Crippen molar-refractivity contribution in [2.75, 3.05) is 20.3 Å². The minimum atomic E-state index is 0. The second-order valence-electron chi connectivity index (χ2n) is 4.96. The topological polar surface area (TPSA) is 30.5 Å². The molecular weight excluding hydrogens is 333 g/mol. The zero-order valence-electron chi connectivity index (χ0n) is 13.5. The van der Waals surface area contributed by atoms with Crippen molar-refractivity contribution in [2.24, 2.45) is 0 Å². The summed E-state index contributed by atoms with van der Waals surface area (Å²) < 4.78 is 10.8. The van der Waals surface area contributed by atoms with E-state index < -0.39 is 0 Å². The largest absolute Gasteiger partial charge is 0.497 e. The van der Waals surface area contributed by atoms with E-state index in [4.69, 9.17) is 21.1 Å². The summed E-state index contributed by atoms with van der Waals surface area (Å²) in [5, 5.41) is 4.17. The maximum Gasteiger partial charge on any atom is 0.123 e. The van der Waals surface area contributed by atoms with Gasteiger partial charge in [-0.2, -0.15) is 0 Å². The van der Waals surface area contributed by atoms with E-state index >= 15 is 0 Å². The second kappa shape index (κ2) is 10.4. The van der Waals surface area contributed by atoms with Crippen molar-refractivity contribution in [1.82, 2.24) is 5.32 Å². The van der Waals surface area contributed by atoms with Gasteiger partial charge in [-0.05, 0) is 55.8 Å². The van der Waals surface area contributed by atoms with Gasteiger partial charge in [0.1, 0.15) is 11.5 Å². The van der Waals surface area contributed by atoms with E-state index in [1.54, 1.807) is 7.11 Å². The molecule has 0 atom stereocenters. The third kappa shape index (κ3) is 6.30. The van der Waals surface area contributed by atoms with Crippen LogP contribution in [-0.2, 0) is 13.0 Å². The van der Waals surface area contributed by atoms with Gasteiger partial charge in [-0.25, -0.2) is 0 Å². The van der Waals surface area contributed by atoms with Gasteiger partial charge in [0.05, 0.1) is 13.7 Å². The molecule has 3 nitrogen and oxygen atoms in total. The summed E-state index contributed by atoms with van der Waals surface area (Å²) >= 11 is 6.06. The van der Waals surface area contributed by atoms with Crippen LogP contribution >= 0.6 is 24.0 Å². The average molecular weight is 356 g/mol. The minimum Gasteiger partial charge on any atom is -0.497 e. The predicted octanol–water partition coefficient (Wildman–Crippen LogP) is 4.50. The number of hydrogen-bond acceptors (Lipinski definition) is 3. The van der Waals surface area contributed by atoms with Gasteiger partial charge < -0.3 is 14.8 Å².